The number of para-hydroxylation sites is 1. The fraction of sp³-hybridized carbons (Fsp3) is 0.190. The Labute approximate surface area is 176 Å². The lowest BCUT2D eigenvalue weighted by Gasteiger charge is -2.17. The number of aromatic nitrogens is 3. The van der Waals surface area contributed by atoms with Crippen LogP contribution in [0.3, 0.4) is 0 Å². The van der Waals surface area contributed by atoms with Crippen LogP contribution < -0.4 is 9.47 Å². The minimum atomic E-state index is 0.911. The zero-order chi connectivity index (χ0) is 19.1. The fourth-order valence-corrected chi connectivity index (χ4v) is 6.41. The molecule has 3 heterocycles. The maximum absolute atomic E-state index is 4.53. The first-order valence-corrected chi connectivity index (χ1v) is 11.7. The molecule has 0 saturated carbocycles. The van der Waals surface area contributed by atoms with Crippen LogP contribution in [0.4, 0.5) is 5.69 Å². The molecule has 4 nitrogen and oxygen atoms in total. The van der Waals surface area contributed by atoms with Gasteiger partial charge < -0.3 is 4.90 Å². The Balaban J connectivity index is 1.52. The second-order valence-corrected chi connectivity index (χ2v) is 9.06. The Kier molecular flexibility index (Phi) is 4.66. The molecule has 0 aliphatic carbocycles. The number of aryl methyl sites for hydroxylation is 1. The number of hydrogen-bond acceptors (Lipinski definition) is 6. The Bertz CT molecular complexity index is 1240. The summed E-state index contributed by atoms with van der Waals surface area (Å²) in [6, 6.07) is 12.8. The highest BCUT2D eigenvalue weighted by Crippen LogP contribution is 2.45. The summed E-state index contributed by atoms with van der Waals surface area (Å²) in [6.45, 7) is 6.26. The van der Waals surface area contributed by atoms with E-state index in [1.165, 1.54) is 42.6 Å². The van der Waals surface area contributed by atoms with Crippen LogP contribution in [-0.2, 0) is 6.54 Å². The molecule has 2 aromatic carbocycles. The van der Waals surface area contributed by atoms with Crippen LogP contribution in [0.2, 0.25) is 0 Å². The Morgan fingerprint density at radius 2 is 2.00 bits per heavy atom. The van der Waals surface area contributed by atoms with Crippen molar-refractivity contribution in [2.75, 3.05) is 11.4 Å². The first kappa shape index (κ1) is 17.8. The number of allylic oxidation sites excluding steroid dienone is 2. The summed E-state index contributed by atoms with van der Waals surface area (Å²) in [7, 11) is 0. The molecule has 0 saturated heterocycles. The Hall–Kier alpha value is -2.22. The van der Waals surface area contributed by atoms with Gasteiger partial charge in [-0.3, -0.25) is 0 Å². The molecule has 140 valence electrons. The van der Waals surface area contributed by atoms with Crippen molar-refractivity contribution in [3.05, 3.63) is 58.6 Å². The number of anilines is 1. The van der Waals surface area contributed by atoms with Crippen molar-refractivity contribution < 1.29 is 4.57 Å². The molecule has 28 heavy (non-hydrogen) atoms. The summed E-state index contributed by atoms with van der Waals surface area (Å²) >= 11 is 4.93. The number of fused-ring (bicyclic) bond motifs is 4. The highest BCUT2D eigenvalue weighted by molar-refractivity contribution is 8.03. The fourth-order valence-electron chi connectivity index (χ4n) is 3.59. The van der Waals surface area contributed by atoms with Gasteiger partial charge >= 0.3 is 0 Å². The van der Waals surface area contributed by atoms with Gasteiger partial charge in [-0.1, -0.05) is 41.3 Å². The van der Waals surface area contributed by atoms with Gasteiger partial charge in [-0.2, -0.15) is 13.3 Å². The molecular formula is C21H19N4S3+. The van der Waals surface area contributed by atoms with Crippen LogP contribution in [0.25, 0.3) is 27.3 Å². The normalized spacial score (nSPS) is 15.5. The lowest BCUT2D eigenvalue weighted by molar-refractivity contribution is -0.664. The lowest BCUT2D eigenvalue weighted by Crippen LogP contribution is -2.33. The number of nitrogens with zero attached hydrogens (tertiary/aromatic N) is 4. The number of thiazole rings is 1. The van der Waals surface area contributed by atoms with E-state index in [1.807, 2.05) is 11.8 Å². The first-order chi connectivity index (χ1) is 13.8. The highest BCUT2D eigenvalue weighted by atomic mass is 32.2. The quantitative estimate of drug-likeness (QED) is 0.394. The topological polar surface area (TPSA) is 32.9 Å². The second kappa shape index (κ2) is 7.31. The van der Waals surface area contributed by atoms with E-state index in [9.17, 15) is 0 Å². The van der Waals surface area contributed by atoms with Gasteiger partial charge in [0.15, 0.2) is 5.52 Å². The molecule has 1 aliphatic rings. The summed E-state index contributed by atoms with van der Waals surface area (Å²) in [6.07, 6.45) is 6.60. The van der Waals surface area contributed by atoms with Crippen molar-refractivity contribution in [1.82, 2.24) is 8.75 Å². The number of thioether (sulfide) groups is 1. The van der Waals surface area contributed by atoms with Gasteiger partial charge in [0, 0.05) is 17.5 Å². The summed E-state index contributed by atoms with van der Waals surface area (Å²) in [5.41, 5.74) is 4.49. The summed E-state index contributed by atoms with van der Waals surface area (Å²) in [5.74, 6) is 0. The van der Waals surface area contributed by atoms with Crippen LogP contribution in [0.5, 0.6) is 0 Å². The van der Waals surface area contributed by atoms with Crippen LogP contribution in [0.1, 0.15) is 18.9 Å². The average molecular weight is 424 g/mol. The summed E-state index contributed by atoms with van der Waals surface area (Å²) < 4.78 is 12.5. The van der Waals surface area contributed by atoms with Gasteiger partial charge in [0.25, 0.3) is 10.5 Å². The van der Waals surface area contributed by atoms with Gasteiger partial charge in [-0.05, 0) is 44.2 Å². The maximum atomic E-state index is 4.53. The van der Waals surface area contributed by atoms with Crippen molar-refractivity contribution in [2.24, 2.45) is 0 Å². The molecule has 1 aliphatic heterocycles. The minimum absolute atomic E-state index is 0.911. The van der Waals surface area contributed by atoms with E-state index < -0.39 is 0 Å². The SMILES string of the molecule is CCN1/C(=C/C=C\c2sc3ccc4nsnc4c3[n+]2CC)Sc2ccccc21. The molecule has 4 aromatic rings. The second-order valence-electron chi connectivity index (χ2n) is 6.41. The summed E-state index contributed by atoms with van der Waals surface area (Å²) in [4.78, 5) is 3.70. The number of hydrogen-bond donors (Lipinski definition) is 0. The van der Waals surface area contributed by atoms with E-state index in [0.29, 0.717) is 0 Å². The van der Waals surface area contributed by atoms with Gasteiger partial charge in [-0.15, -0.1) is 0 Å². The molecule has 0 amide bonds. The van der Waals surface area contributed by atoms with Crippen molar-refractivity contribution in [2.45, 2.75) is 25.3 Å². The molecule has 0 spiro atoms. The molecule has 7 heteroatoms. The van der Waals surface area contributed by atoms with Crippen molar-refractivity contribution in [1.29, 1.82) is 0 Å². The van der Waals surface area contributed by atoms with Crippen molar-refractivity contribution in [3.8, 4) is 0 Å². The molecule has 5 rings (SSSR count). The third-order valence-corrected chi connectivity index (χ3v) is 7.65. The van der Waals surface area contributed by atoms with Crippen LogP contribution >= 0.6 is 34.8 Å². The number of benzene rings is 2. The number of rotatable bonds is 4. The molecule has 0 unspecified atom stereocenters. The van der Waals surface area contributed by atoms with Crippen LogP contribution in [0, 0.1) is 0 Å². The van der Waals surface area contributed by atoms with E-state index in [2.05, 4.69) is 86.7 Å². The van der Waals surface area contributed by atoms with E-state index in [0.717, 1.165) is 24.1 Å². The minimum Gasteiger partial charge on any atom is -0.335 e. The predicted octanol–water partition coefficient (Wildman–Crippen LogP) is 5.70. The van der Waals surface area contributed by atoms with E-state index >= 15 is 0 Å². The molecule has 0 atom stereocenters. The van der Waals surface area contributed by atoms with Crippen LogP contribution in [-0.4, -0.2) is 15.3 Å². The Morgan fingerprint density at radius 1 is 1.11 bits per heavy atom. The van der Waals surface area contributed by atoms with E-state index in [4.69, 9.17) is 0 Å². The standard InChI is InChI=1S/C21H19N4S3/c1-3-24-15-8-5-6-9-16(15)26-18(24)10-7-11-19-25(4-2)21-17(27-19)13-12-14-20(21)23-28-22-14/h5-13H,3-4H2,1-2H3/q+1. The first-order valence-electron chi connectivity index (χ1n) is 9.30. The Morgan fingerprint density at radius 3 is 2.86 bits per heavy atom. The molecule has 0 radical (unpaired) electrons. The van der Waals surface area contributed by atoms with E-state index in [-0.39, 0.29) is 0 Å². The van der Waals surface area contributed by atoms with E-state index in [1.54, 1.807) is 11.3 Å². The van der Waals surface area contributed by atoms with Gasteiger partial charge in [-0.25, -0.2) is 0 Å². The van der Waals surface area contributed by atoms with Crippen molar-refractivity contribution >= 4 is 67.8 Å². The largest absolute Gasteiger partial charge is 0.335 e. The average Bonchev–Trinajstić information content (AvgIpc) is 3.41. The molecule has 0 bridgehead atoms. The molecule has 0 fully saturated rings. The third kappa shape index (κ3) is 2.85. The molecule has 0 N–H and O–H groups in total. The van der Waals surface area contributed by atoms with Crippen molar-refractivity contribution in [3.63, 3.8) is 0 Å². The molecule has 2 aromatic heterocycles. The maximum Gasteiger partial charge on any atom is 0.262 e. The van der Waals surface area contributed by atoms with Gasteiger partial charge in [0.1, 0.15) is 16.8 Å². The lowest BCUT2D eigenvalue weighted by atomic mass is 10.3. The predicted molar refractivity (Wildman–Crippen MR) is 121 cm³/mol. The zero-order valence-electron chi connectivity index (χ0n) is 15.6. The van der Waals surface area contributed by atoms with Gasteiger partial charge in [0.05, 0.1) is 22.4 Å². The third-order valence-electron chi connectivity index (χ3n) is 4.86. The summed E-state index contributed by atoms with van der Waals surface area (Å²) in [5, 5.41) is 2.51. The monoisotopic (exact) mass is 423 g/mol. The molecular weight excluding hydrogens is 404 g/mol. The highest BCUT2D eigenvalue weighted by Gasteiger charge is 2.23. The van der Waals surface area contributed by atoms with Crippen LogP contribution in [0.15, 0.2) is 58.5 Å². The van der Waals surface area contributed by atoms with Gasteiger partial charge in [0.2, 0.25) is 0 Å². The smallest absolute Gasteiger partial charge is 0.262 e. The zero-order valence-corrected chi connectivity index (χ0v) is 18.1.